The number of nitrogens with one attached hydrogen (secondary N) is 2. The van der Waals surface area contributed by atoms with Crippen molar-refractivity contribution in [1.29, 1.82) is 0 Å². The van der Waals surface area contributed by atoms with Gasteiger partial charge in [-0.1, -0.05) is 12.1 Å². The Balaban J connectivity index is 2.24. The third-order valence-corrected chi connectivity index (χ3v) is 5.05. The number of carbonyl (C=O) groups is 2. The molecule has 0 fully saturated rings. The normalized spacial score (nSPS) is 10.9. The van der Waals surface area contributed by atoms with E-state index in [-0.39, 0.29) is 21.7 Å². The lowest BCUT2D eigenvalue weighted by Crippen LogP contribution is -2.28. The second kappa shape index (κ2) is 8.63. The Hall–Kier alpha value is -2.94. The maximum atomic E-state index is 13.2. The lowest BCUT2D eigenvalue weighted by atomic mass is 10.2. The number of sulfonamides is 1. The Kier molecular flexibility index (Phi) is 6.51. The van der Waals surface area contributed by atoms with Crippen LogP contribution in [0.2, 0.25) is 0 Å². The van der Waals surface area contributed by atoms with Gasteiger partial charge in [-0.3, -0.25) is 9.52 Å². The first-order valence-corrected chi connectivity index (χ1v) is 9.54. The highest BCUT2D eigenvalue weighted by Gasteiger charge is 2.21. The van der Waals surface area contributed by atoms with E-state index >= 15 is 0 Å². The minimum atomic E-state index is -4.06. The summed E-state index contributed by atoms with van der Waals surface area (Å²) in [7, 11) is -4.06. The summed E-state index contributed by atoms with van der Waals surface area (Å²) >= 11 is 0. The molecule has 2 aromatic carbocycles. The van der Waals surface area contributed by atoms with Crippen molar-refractivity contribution in [2.45, 2.75) is 18.7 Å². The molecular weight excluding hydrogens is 375 g/mol. The first-order valence-electron chi connectivity index (χ1n) is 8.06. The molecule has 27 heavy (non-hydrogen) atoms. The predicted octanol–water partition coefficient (Wildman–Crippen LogP) is 2.23. The van der Waals surface area contributed by atoms with Gasteiger partial charge in [0, 0.05) is 6.54 Å². The molecule has 0 aliphatic heterocycles. The third-order valence-electron chi connectivity index (χ3n) is 3.53. The number of carbonyl (C=O) groups excluding carboxylic acids is 2. The molecule has 2 aromatic rings. The van der Waals surface area contributed by atoms with Crippen molar-refractivity contribution in [3.8, 4) is 0 Å². The Labute approximate surface area is 156 Å². The highest BCUT2D eigenvalue weighted by atomic mass is 32.2. The summed E-state index contributed by atoms with van der Waals surface area (Å²) < 4.78 is 45.7. The maximum absolute atomic E-state index is 13.2. The SMILES string of the molecule is CCNC(=O)COC(=O)c1ccccc1NS(=O)(=O)c1ccc(F)cc1C. The van der Waals surface area contributed by atoms with Crippen LogP contribution in [0.25, 0.3) is 0 Å². The molecule has 0 bridgehead atoms. The lowest BCUT2D eigenvalue weighted by molar-refractivity contribution is -0.124. The number of esters is 1. The van der Waals surface area contributed by atoms with Gasteiger partial charge in [-0.15, -0.1) is 0 Å². The van der Waals surface area contributed by atoms with E-state index in [1.54, 1.807) is 6.92 Å². The molecule has 7 nitrogen and oxygen atoms in total. The molecule has 2 rings (SSSR count). The molecule has 0 saturated carbocycles. The number of benzene rings is 2. The van der Waals surface area contributed by atoms with Gasteiger partial charge >= 0.3 is 5.97 Å². The van der Waals surface area contributed by atoms with Crippen molar-refractivity contribution in [1.82, 2.24) is 5.32 Å². The van der Waals surface area contributed by atoms with Crippen molar-refractivity contribution in [2.75, 3.05) is 17.9 Å². The second-order valence-electron chi connectivity index (χ2n) is 5.59. The van der Waals surface area contributed by atoms with E-state index in [2.05, 4.69) is 10.0 Å². The molecule has 1 amide bonds. The highest BCUT2D eigenvalue weighted by molar-refractivity contribution is 7.92. The first kappa shape index (κ1) is 20.4. The third kappa shape index (κ3) is 5.27. The molecule has 0 saturated heterocycles. The minimum Gasteiger partial charge on any atom is -0.452 e. The zero-order chi connectivity index (χ0) is 20.0. The van der Waals surface area contributed by atoms with Gasteiger partial charge in [0.25, 0.3) is 15.9 Å². The molecule has 0 atom stereocenters. The second-order valence-corrected chi connectivity index (χ2v) is 7.24. The molecule has 2 N–H and O–H groups in total. The number of amides is 1. The van der Waals surface area contributed by atoms with Gasteiger partial charge < -0.3 is 10.1 Å². The van der Waals surface area contributed by atoms with E-state index in [1.165, 1.54) is 31.2 Å². The van der Waals surface area contributed by atoms with E-state index in [0.29, 0.717) is 6.54 Å². The zero-order valence-corrected chi connectivity index (χ0v) is 15.6. The molecule has 0 radical (unpaired) electrons. The topological polar surface area (TPSA) is 102 Å². The van der Waals surface area contributed by atoms with Gasteiger partial charge in [0.05, 0.1) is 16.1 Å². The number of hydrogen-bond acceptors (Lipinski definition) is 5. The molecule has 0 spiro atoms. The van der Waals surface area contributed by atoms with Crippen LogP contribution in [-0.2, 0) is 19.6 Å². The highest BCUT2D eigenvalue weighted by Crippen LogP contribution is 2.23. The molecule has 0 heterocycles. The van der Waals surface area contributed by atoms with Crippen molar-refractivity contribution in [2.24, 2.45) is 0 Å². The van der Waals surface area contributed by atoms with Crippen LogP contribution in [0.5, 0.6) is 0 Å². The zero-order valence-electron chi connectivity index (χ0n) is 14.8. The smallest absolute Gasteiger partial charge is 0.340 e. The Morgan fingerprint density at radius 1 is 1.15 bits per heavy atom. The largest absolute Gasteiger partial charge is 0.452 e. The molecule has 144 valence electrons. The van der Waals surface area contributed by atoms with Crippen molar-refractivity contribution in [3.05, 3.63) is 59.4 Å². The number of aryl methyl sites for hydroxylation is 1. The Morgan fingerprint density at radius 3 is 2.52 bits per heavy atom. The number of anilines is 1. The first-order chi connectivity index (χ1) is 12.7. The summed E-state index contributed by atoms with van der Waals surface area (Å²) in [5, 5.41) is 2.48. The average Bonchev–Trinajstić information content (AvgIpc) is 2.59. The summed E-state index contributed by atoms with van der Waals surface area (Å²) in [6.45, 7) is 3.10. The summed E-state index contributed by atoms with van der Waals surface area (Å²) in [5.74, 6) is -1.87. The number of hydrogen-bond donors (Lipinski definition) is 2. The van der Waals surface area contributed by atoms with Crippen LogP contribution in [0.15, 0.2) is 47.4 Å². The molecule has 0 aliphatic rings. The van der Waals surface area contributed by atoms with Gasteiger partial charge in [0.2, 0.25) is 0 Å². The lowest BCUT2D eigenvalue weighted by Gasteiger charge is -2.13. The number of ether oxygens (including phenoxy) is 1. The van der Waals surface area contributed by atoms with Gasteiger partial charge in [-0.2, -0.15) is 0 Å². The monoisotopic (exact) mass is 394 g/mol. The molecule has 0 aliphatic carbocycles. The average molecular weight is 394 g/mol. The number of para-hydroxylation sites is 1. The number of rotatable bonds is 7. The number of halogens is 1. The quantitative estimate of drug-likeness (QED) is 0.701. The molecule has 9 heteroatoms. The molecule has 0 aromatic heterocycles. The van der Waals surface area contributed by atoms with Crippen LogP contribution in [0.3, 0.4) is 0 Å². The van der Waals surface area contributed by atoms with Gasteiger partial charge in [-0.05, 0) is 49.7 Å². The van der Waals surface area contributed by atoms with Crippen LogP contribution in [-0.4, -0.2) is 33.4 Å². The van der Waals surface area contributed by atoms with Gasteiger partial charge in [-0.25, -0.2) is 17.6 Å². The van der Waals surface area contributed by atoms with Gasteiger partial charge in [0.15, 0.2) is 6.61 Å². The Morgan fingerprint density at radius 2 is 1.85 bits per heavy atom. The maximum Gasteiger partial charge on any atom is 0.340 e. The fourth-order valence-electron chi connectivity index (χ4n) is 2.32. The van der Waals surface area contributed by atoms with Crippen LogP contribution in [0, 0.1) is 12.7 Å². The van der Waals surface area contributed by atoms with Crippen LogP contribution in [0.4, 0.5) is 10.1 Å². The van der Waals surface area contributed by atoms with E-state index in [0.717, 1.165) is 18.2 Å². The standard InChI is InChI=1S/C18H19FN2O5S/c1-3-20-17(22)11-26-18(23)14-6-4-5-7-15(14)21-27(24,25)16-9-8-13(19)10-12(16)2/h4-10,21H,3,11H2,1-2H3,(H,20,22). The van der Waals surface area contributed by atoms with Crippen molar-refractivity contribution in [3.63, 3.8) is 0 Å². The summed E-state index contributed by atoms with van der Waals surface area (Å²) in [4.78, 5) is 23.5. The van der Waals surface area contributed by atoms with Crippen LogP contribution < -0.4 is 10.0 Å². The summed E-state index contributed by atoms with van der Waals surface area (Å²) in [5.41, 5.74) is 0.158. The fourth-order valence-corrected chi connectivity index (χ4v) is 3.63. The Bertz CT molecular complexity index is 960. The van der Waals surface area contributed by atoms with E-state index < -0.39 is 34.3 Å². The van der Waals surface area contributed by atoms with E-state index in [1.807, 2.05) is 0 Å². The van der Waals surface area contributed by atoms with Gasteiger partial charge in [0.1, 0.15) is 5.82 Å². The minimum absolute atomic E-state index is 0.0119. The van der Waals surface area contributed by atoms with Crippen molar-refractivity contribution >= 4 is 27.6 Å². The number of likely N-dealkylation sites (N-methyl/N-ethyl adjacent to an activating group) is 1. The van der Waals surface area contributed by atoms with Crippen molar-refractivity contribution < 1.29 is 27.1 Å². The van der Waals surface area contributed by atoms with E-state index in [9.17, 15) is 22.4 Å². The van der Waals surface area contributed by atoms with Crippen LogP contribution in [0.1, 0.15) is 22.8 Å². The molecule has 0 unspecified atom stereocenters. The van der Waals surface area contributed by atoms with Crippen LogP contribution >= 0.6 is 0 Å². The summed E-state index contributed by atoms with van der Waals surface area (Å²) in [6, 6.07) is 9.10. The fraction of sp³-hybridized carbons (Fsp3) is 0.222. The molecular formula is C18H19FN2O5S. The summed E-state index contributed by atoms with van der Waals surface area (Å²) in [6.07, 6.45) is 0. The van der Waals surface area contributed by atoms with E-state index in [4.69, 9.17) is 4.74 Å². The predicted molar refractivity (Wildman–Crippen MR) is 97.4 cm³/mol.